The molecule has 100 valence electrons. The monoisotopic (exact) mass is 256 g/mol. The van der Waals surface area contributed by atoms with Crippen LogP contribution in [0.3, 0.4) is 0 Å². The zero-order valence-electron chi connectivity index (χ0n) is 11.0. The minimum absolute atomic E-state index is 0.416. The molecule has 0 saturated carbocycles. The van der Waals surface area contributed by atoms with Gasteiger partial charge in [-0.15, -0.1) is 0 Å². The molecule has 1 unspecified atom stereocenters. The number of nitrogens with one attached hydrogen (secondary N) is 1. The molecule has 1 aliphatic rings. The predicted octanol–water partition coefficient (Wildman–Crippen LogP) is 2.72. The first-order chi connectivity index (χ1) is 9.33. The van der Waals surface area contributed by atoms with Crippen molar-refractivity contribution in [3.05, 3.63) is 47.7 Å². The van der Waals surface area contributed by atoms with Crippen LogP contribution in [0, 0.1) is 0 Å². The van der Waals surface area contributed by atoms with Crippen molar-refractivity contribution in [2.45, 2.75) is 31.8 Å². The Bertz CT molecular complexity index is 520. The summed E-state index contributed by atoms with van der Waals surface area (Å²) in [5.74, 6) is 0.584. The largest absolute Gasteiger partial charge is 0.382 e. The minimum atomic E-state index is 0.416. The number of aromatic nitrogens is 2. The molecular formula is C15H20N4. The third-order valence-electron chi connectivity index (χ3n) is 3.82. The van der Waals surface area contributed by atoms with Gasteiger partial charge in [-0.1, -0.05) is 36.8 Å². The van der Waals surface area contributed by atoms with Crippen molar-refractivity contribution in [1.82, 2.24) is 15.1 Å². The van der Waals surface area contributed by atoms with Crippen molar-refractivity contribution in [1.29, 1.82) is 0 Å². The summed E-state index contributed by atoms with van der Waals surface area (Å²) < 4.78 is 0. The molecule has 1 saturated heterocycles. The molecule has 0 aliphatic carbocycles. The van der Waals surface area contributed by atoms with Crippen LogP contribution < -0.4 is 5.73 Å². The topological polar surface area (TPSA) is 57.9 Å². The number of nitrogen functional groups attached to an aromatic ring is 1. The number of rotatable bonds is 3. The number of hydrogen-bond donors (Lipinski definition) is 2. The summed E-state index contributed by atoms with van der Waals surface area (Å²) in [6.45, 7) is 2.13. The highest BCUT2D eigenvalue weighted by molar-refractivity contribution is 5.30. The first kappa shape index (κ1) is 12.2. The summed E-state index contributed by atoms with van der Waals surface area (Å²) in [5.41, 5.74) is 8.23. The van der Waals surface area contributed by atoms with Gasteiger partial charge in [0, 0.05) is 12.6 Å². The predicted molar refractivity (Wildman–Crippen MR) is 76.4 cm³/mol. The van der Waals surface area contributed by atoms with Gasteiger partial charge in [-0.25, -0.2) is 0 Å². The molecule has 1 aromatic heterocycles. The summed E-state index contributed by atoms with van der Waals surface area (Å²) in [4.78, 5) is 2.52. The van der Waals surface area contributed by atoms with E-state index in [4.69, 9.17) is 5.73 Å². The highest BCUT2D eigenvalue weighted by Crippen LogP contribution is 2.31. The number of anilines is 1. The quantitative estimate of drug-likeness (QED) is 0.887. The van der Waals surface area contributed by atoms with E-state index in [1.165, 1.54) is 24.8 Å². The molecule has 4 nitrogen and oxygen atoms in total. The van der Waals surface area contributed by atoms with Crippen LogP contribution in [-0.2, 0) is 6.54 Å². The Hall–Kier alpha value is -1.81. The number of nitrogens with zero attached hydrogens (tertiary/aromatic N) is 2. The van der Waals surface area contributed by atoms with Gasteiger partial charge >= 0.3 is 0 Å². The zero-order valence-corrected chi connectivity index (χ0v) is 11.0. The van der Waals surface area contributed by atoms with Gasteiger partial charge in [0.05, 0.1) is 11.7 Å². The molecule has 1 aromatic carbocycles. The molecule has 19 heavy (non-hydrogen) atoms. The summed E-state index contributed by atoms with van der Waals surface area (Å²) in [5, 5.41) is 7.13. The van der Waals surface area contributed by atoms with Crippen molar-refractivity contribution in [2.24, 2.45) is 0 Å². The van der Waals surface area contributed by atoms with Crippen LogP contribution in [0.5, 0.6) is 0 Å². The average Bonchev–Trinajstić information content (AvgIpc) is 2.87. The Balaban J connectivity index is 1.77. The zero-order chi connectivity index (χ0) is 13.1. The van der Waals surface area contributed by atoms with Crippen LogP contribution in [0.15, 0.2) is 36.4 Å². The van der Waals surface area contributed by atoms with Gasteiger partial charge < -0.3 is 5.73 Å². The van der Waals surface area contributed by atoms with E-state index >= 15 is 0 Å². The number of H-pyrrole nitrogens is 1. The van der Waals surface area contributed by atoms with Crippen molar-refractivity contribution in [3.8, 4) is 0 Å². The highest BCUT2D eigenvalue weighted by atomic mass is 15.2. The van der Waals surface area contributed by atoms with E-state index in [0.717, 1.165) is 18.8 Å². The van der Waals surface area contributed by atoms with Gasteiger partial charge in [-0.3, -0.25) is 10.00 Å². The second-order valence-electron chi connectivity index (χ2n) is 5.22. The number of piperidine rings is 1. The molecule has 1 fully saturated rings. The van der Waals surface area contributed by atoms with Crippen LogP contribution in [0.25, 0.3) is 0 Å². The maximum absolute atomic E-state index is 5.72. The Kier molecular flexibility index (Phi) is 3.51. The van der Waals surface area contributed by atoms with E-state index in [2.05, 4.69) is 45.4 Å². The smallest absolute Gasteiger partial charge is 0.145 e. The van der Waals surface area contributed by atoms with Crippen molar-refractivity contribution < 1.29 is 0 Å². The van der Waals surface area contributed by atoms with E-state index in [-0.39, 0.29) is 0 Å². The fourth-order valence-corrected chi connectivity index (χ4v) is 2.87. The van der Waals surface area contributed by atoms with Gasteiger partial charge in [-0.2, -0.15) is 5.10 Å². The molecule has 0 spiro atoms. The third kappa shape index (κ3) is 2.79. The molecule has 4 heteroatoms. The Morgan fingerprint density at radius 2 is 2.11 bits per heavy atom. The lowest BCUT2D eigenvalue weighted by atomic mass is 9.98. The molecule has 0 radical (unpaired) electrons. The van der Waals surface area contributed by atoms with Crippen molar-refractivity contribution >= 4 is 5.82 Å². The van der Waals surface area contributed by atoms with Gasteiger partial charge in [0.1, 0.15) is 5.82 Å². The van der Waals surface area contributed by atoms with E-state index in [0.29, 0.717) is 11.9 Å². The molecule has 0 bridgehead atoms. The fraction of sp³-hybridized carbons (Fsp3) is 0.400. The van der Waals surface area contributed by atoms with Gasteiger partial charge in [0.25, 0.3) is 0 Å². The Labute approximate surface area is 113 Å². The molecule has 2 aromatic rings. The number of aromatic amines is 1. The molecule has 2 heterocycles. The average molecular weight is 256 g/mol. The van der Waals surface area contributed by atoms with E-state index in [9.17, 15) is 0 Å². The van der Waals surface area contributed by atoms with E-state index in [1.807, 2.05) is 6.07 Å². The highest BCUT2D eigenvalue weighted by Gasteiger charge is 2.25. The summed E-state index contributed by atoms with van der Waals surface area (Å²) in [6, 6.07) is 13.0. The van der Waals surface area contributed by atoms with Crippen molar-refractivity contribution in [3.63, 3.8) is 0 Å². The van der Waals surface area contributed by atoms with E-state index < -0.39 is 0 Å². The van der Waals surface area contributed by atoms with E-state index in [1.54, 1.807) is 0 Å². The summed E-state index contributed by atoms with van der Waals surface area (Å²) in [6.07, 6.45) is 3.72. The maximum Gasteiger partial charge on any atom is 0.145 e. The molecule has 1 atom stereocenters. The minimum Gasteiger partial charge on any atom is -0.382 e. The van der Waals surface area contributed by atoms with Crippen molar-refractivity contribution in [2.75, 3.05) is 12.3 Å². The first-order valence-electron chi connectivity index (χ1n) is 6.92. The lowest BCUT2D eigenvalue weighted by molar-refractivity contribution is 0.137. The molecular weight excluding hydrogens is 236 g/mol. The third-order valence-corrected chi connectivity index (χ3v) is 3.82. The number of benzene rings is 1. The second-order valence-corrected chi connectivity index (χ2v) is 5.22. The Morgan fingerprint density at radius 1 is 1.26 bits per heavy atom. The van der Waals surface area contributed by atoms with Crippen LogP contribution >= 0.6 is 0 Å². The van der Waals surface area contributed by atoms with Gasteiger partial charge in [-0.05, 0) is 24.9 Å². The number of likely N-dealkylation sites (tertiary alicyclic amines) is 1. The molecule has 3 N–H and O–H groups in total. The lowest BCUT2D eigenvalue weighted by Gasteiger charge is -2.35. The maximum atomic E-state index is 5.72. The van der Waals surface area contributed by atoms with Crippen LogP contribution in [0.2, 0.25) is 0 Å². The van der Waals surface area contributed by atoms with Gasteiger partial charge in [0.15, 0.2) is 0 Å². The summed E-state index contributed by atoms with van der Waals surface area (Å²) in [7, 11) is 0. The van der Waals surface area contributed by atoms with Crippen LogP contribution in [0.1, 0.15) is 36.6 Å². The Morgan fingerprint density at radius 3 is 2.84 bits per heavy atom. The normalized spacial score (nSPS) is 20.5. The second kappa shape index (κ2) is 5.45. The first-order valence-corrected chi connectivity index (χ1v) is 6.92. The molecule has 3 rings (SSSR count). The SMILES string of the molecule is Nc1cc(C2CCCCN2Cc2ccccc2)[nH]n1. The molecule has 0 amide bonds. The standard InChI is InChI=1S/C15H20N4/c16-15-10-13(17-18-15)14-8-4-5-9-19(14)11-12-6-2-1-3-7-12/h1-3,6-7,10,14H,4-5,8-9,11H2,(H3,16,17,18). The van der Waals surface area contributed by atoms with Gasteiger partial charge in [0.2, 0.25) is 0 Å². The lowest BCUT2D eigenvalue weighted by Crippen LogP contribution is -2.33. The molecule has 1 aliphatic heterocycles. The fourth-order valence-electron chi connectivity index (χ4n) is 2.87. The number of nitrogens with two attached hydrogens (primary N) is 1. The summed E-state index contributed by atoms with van der Waals surface area (Å²) >= 11 is 0. The van der Waals surface area contributed by atoms with Crippen LogP contribution in [-0.4, -0.2) is 21.6 Å². The van der Waals surface area contributed by atoms with Crippen LogP contribution in [0.4, 0.5) is 5.82 Å². The number of hydrogen-bond acceptors (Lipinski definition) is 3.